The van der Waals surface area contributed by atoms with Crippen LogP contribution >= 0.6 is 23.5 Å². The number of pyridine rings is 1. The van der Waals surface area contributed by atoms with Crippen LogP contribution in [0.15, 0.2) is 28.1 Å². The monoisotopic (exact) mass is 296 g/mol. The van der Waals surface area contributed by atoms with Gasteiger partial charge in [-0.25, -0.2) is 9.78 Å². The van der Waals surface area contributed by atoms with E-state index in [4.69, 9.17) is 5.11 Å². The van der Waals surface area contributed by atoms with Crippen LogP contribution in [0.5, 0.6) is 0 Å². The van der Waals surface area contributed by atoms with Crippen molar-refractivity contribution in [3.63, 3.8) is 0 Å². The number of carbonyl (C=O) groups is 2. The second kappa shape index (κ2) is 6.12. The Labute approximate surface area is 118 Å². The molecule has 0 aromatic carbocycles. The summed E-state index contributed by atoms with van der Waals surface area (Å²) in [6.07, 6.45) is 1.64. The van der Waals surface area contributed by atoms with E-state index in [9.17, 15) is 9.59 Å². The van der Waals surface area contributed by atoms with Crippen molar-refractivity contribution in [2.24, 2.45) is 0 Å². The number of aryl methyl sites for hydroxylation is 1. The molecule has 19 heavy (non-hydrogen) atoms. The van der Waals surface area contributed by atoms with Gasteiger partial charge in [0.1, 0.15) is 10.7 Å². The number of amides is 1. The summed E-state index contributed by atoms with van der Waals surface area (Å²) in [5.74, 6) is 0.381. The minimum atomic E-state index is -1.06. The molecule has 0 fully saturated rings. The molecule has 1 aromatic rings. The first kappa shape index (κ1) is 14.0. The molecule has 0 unspecified atom stereocenters. The summed E-state index contributed by atoms with van der Waals surface area (Å²) in [7, 11) is 0. The van der Waals surface area contributed by atoms with Gasteiger partial charge in [-0.05, 0) is 18.6 Å². The van der Waals surface area contributed by atoms with Crippen molar-refractivity contribution in [2.45, 2.75) is 6.92 Å². The molecule has 0 saturated heterocycles. The fourth-order valence-corrected chi connectivity index (χ4v) is 3.64. The summed E-state index contributed by atoms with van der Waals surface area (Å²) >= 11 is 2.47. The highest BCUT2D eigenvalue weighted by atomic mass is 32.2. The lowest BCUT2D eigenvalue weighted by Gasteiger charge is -2.15. The average Bonchev–Trinajstić information content (AvgIpc) is 2.41. The van der Waals surface area contributed by atoms with Crippen LogP contribution in [0.1, 0.15) is 5.56 Å². The SMILES string of the molecule is Cc1ccc(NC(=O)C2=C(C(=O)O)SCCS2)nc1. The minimum absolute atomic E-state index is 0.112. The number of carbonyl (C=O) groups excluding carboxylic acids is 1. The van der Waals surface area contributed by atoms with Gasteiger partial charge in [-0.3, -0.25) is 4.79 Å². The molecule has 2 rings (SSSR count). The van der Waals surface area contributed by atoms with Crippen molar-refractivity contribution in [3.05, 3.63) is 33.7 Å². The Morgan fingerprint density at radius 3 is 2.53 bits per heavy atom. The number of aliphatic carboxylic acids is 1. The first-order valence-corrected chi connectivity index (χ1v) is 7.52. The fraction of sp³-hybridized carbons (Fsp3) is 0.250. The van der Waals surface area contributed by atoms with Gasteiger partial charge in [0, 0.05) is 17.7 Å². The van der Waals surface area contributed by atoms with Gasteiger partial charge < -0.3 is 10.4 Å². The van der Waals surface area contributed by atoms with Crippen molar-refractivity contribution in [1.29, 1.82) is 0 Å². The normalized spacial score (nSPS) is 15.2. The van der Waals surface area contributed by atoms with Gasteiger partial charge in [0.05, 0.1) is 4.91 Å². The molecule has 1 aliphatic heterocycles. The number of anilines is 1. The van der Waals surface area contributed by atoms with Gasteiger partial charge in [0.2, 0.25) is 0 Å². The van der Waals surface area contributed by atoms with Gasteiger partial charge in [0.15, 0.2) is 0 Å². The third kappa shape index (κ3) is 3.51. The zero-order valence-corrected chi connectivity index (χ0v) is 11.8. The number of aromatic nitrogens is 1. The summed E-state index contributed by atoms with van der Waals surface area (Å²) in [5.41, 5.74) is 0.992. The summed E-state index contributed by atoms with van der Waals surface area (Å²) in [6, 6.07) is 3.52. The predicted molar refractivity (Wildman–Crippen MR) is 77.2 cm³/mol. The molecule has 100 valence electrons. The lowest BCUT2D eigenvalue weighted by Crippen LogP contribution is -2.19. The van der Waals surface area contributed by atoms with Gasteiger partial charge in [-0.15, -0.1) is 23.5 Å². The molecule has 1 aliphatic rings. The van der Waals surface area contributed by atoms with E-state index in [2.05, 4.69) is 10.3 Å². The second-order valence-corrected chi connectivity index (χ2v) is 6.05. The Morgan fingerprint density at radius 2 is 1.95 bits per heavy atom. The molecule has 5 nitrogen and oxygen atoms in total. The van der Waals surface area contributed by atoms with Crippen molar-refractivity contribution in [3.8, 4) is 0 Å². The van der Waals surface area contributed by atoms with Gasteiger partial charge in [-0.1, -0.05) is 6.07 Å². The first-order valence-electron chi connectivity index (χ1n) is 5.55. The first-order chi connectivity index (χ1) is 9.08. The van der Waals surface area contributed by atoms with Crippen LogP contribution in [0.25, 0.3) is 0 Å². The van der Waals surface area contributed by atoms with E-state index >= 15 is 0 Å². The van der Waals surface area contributed by atoms with Crippen LogP contribution in [-0.2, 0) is 9.59 Å². The maximum Gasteiger partial charge on any atom is 0.343 e. The van der Waals surface area contributed by atoms with Gasteiger partial charge in [-0.2, -0.15) is 0 Å². The predicted octanol–water partition coefficient (Wildman–Crippen LogP) is 2.10. The van der Waals surface area contributed by atoms with Crippen LogP contribution < -0.4 is 5.32 Å². The highest BCUT2D eigenvalue weighted by Gasteiger charge is 2.25. The molecule has 0 radical (unpaired) electrons. The maximum absolute atomic E-state index is 12.1. The zero-order valence-electron chi connectivity index (χ0n) is 10.2. The molecule has 7 heteroatoms. The highest BCUT2D eigenvalue weighted by Crippen LogP contribution is 2.34. The number of carboxylic acid groups (broad SMARTS) is 1. The zero-order chi connectivity index (χ0) is 13.8. The summed E-state index contributed by atoms with van der Waals surface area (Å²) in [6.45, 7) is 1.90. The highest BCUT2D eigenvalue weighted by molar-refractivity contribution is 8.11. The molecule has 0 saturated carbocycles. The molecule has 1 amide bonds. The fourth-order valence-electron chi connectivity index (χ4n) is 1.46. The number of thioether (sulfide) groups is 2. The van der Waals surface area contributed by atoms with E-state index in [1.807, 2.05) is 13.0 Å². The summed E-state index contributed by atoms with van der Waals surface area (Å²) in [4.78, 5) is 27.6. The molecular formula is C12H12N2O3S2. The van der Waals surface area contributed by atoms with Crippen LogP contribution in [0.3, 0.4) is 0 Å². The smallest absolute Gasteiger partial charge is 0.343 e. The molecule has 0 bridgehead atoms. The second-order valence-electron chi connectivity index (χ2n) is 3.84. The molecule has 0 spiro atoms. The molecule has 0 aliphatic carbocycles. The number of hydrogen-bond donors (Lipinski definition) is 2. The van der Waals surface area contributed by atoms with E-state index in [1.165, 1.54) is 23.5 Å². The van der Waals surface area contributed by atoms with Crippen LogP contribution in [0.2, 0.25) is 0 Å². The number of carboxylic acids is 1. The van der Waals surface area contributed by atoms with Crippen LogP contribution in [0.4, 0.5) is 5.82 Å². The number of rotatable bonds is 3. The Kier molecular flexibility index (Phi) is 4.49. The van der Waals surface area contributed by atoms with Crippen LogP contribution in [0, 0.1) is 6.92 Å². The van der Waals surface area contributed by atoms with Crippen LogP contribution in [-0.4, -0.2) is 33.5 Å². The van der Waals surface area contributed by atoms with E-state index in [0.29, 0.717) is 11.6 Å². The van der Waals surface area contributed by atoms with Crippen molar-refractivity contribution in [1.82, 2.24) is 4.98 Å². The van der Waals surface area contributed by atoms with Gasteiger partial charge in [0.25, 0.3) is 5.91 Å². The van der Waals surface area contributed by atoms with Gasteiger partial charge >= 0.3 is 5.97 Å². The molecular weight excluding hydrogens is 284 g/mol. The van der Waals surface area contributed by atoms with Crippen molar-refractivity contribution >= 4 is 41.2 Å². The summed E-state index contributed by atoms with van der Waals surface area (Å²) in [5, 5.41) is 11.7. The Hall–Kier alpha value is -1.47. The Balaban J connectivity index is 2.18. The minimum Gasteiger partial charge on any atom is -0.477 e. The largest absolute Gasteiger partial charge is 0.477 e. The Morgan fingerprint density at radius 1 is 1.26 bits per heavy atom. The topological polar surface area (TPSA) is 79.3 Å². The number of hydrogen-bond acceptors (Lipinski definition) is 5. The van der Waals surface area contributed by atoms with E-state index in [1.54, 1.807) is 12.3 Å². The van der Waals surface area contributed by atoms with E-state index in [-0.39, 0.29) is 9.81 Å². The van der Waals surface area contributed by atoms with E-state index in [0.717, 1.165) is 11.3 Å². The standard InChI is InChI=1S/C12H12N2O3S2/c1-7-2-3-8(13-6-7)14-11(15)9-10(12(16)17)19-5-4-18-9/h2-3,6H,4-5H2,1H3,(H,16,17)(H,13,14,15). The lowest BCUT2D eigenvalue weighted by atomic mass is 10.3. The molecule has 0 atom stereocenters. The molecule has 2 heterocycles. The average molecular weight is 296 g/mol. The number of nitrogens with one attached hydrogen (secondary N) is 1. The van der Waals surface area contributed by atoms with E-state index < -0.39 is 11.9 Å². The van der Waals surface area contributed by atoms with Crippen molar-refractivity contribution < 1.29 is 14.7 Å². The third-order valence-corrected chi connectivity index (χ3v) is 4.89. The Bertz CT molecular complexity index is 540. The quantitative estimate of drug-likeness (QED) is 0.889. The lowest BCUT2D eigenvalue weighted by molar-refractivity contribution is -0.132. The molecule has 1 aromatic heterocycles. The number of nitrogens with zero attached hydrogens (tertiary/aromatic N) is 1. The van der Waals surface area contributed by atoms with Crippen molar-refractivity contribution in [2.75, 3.05) is 16.8 Å². The third-order valence-electron chi connectivity index (χ3n) is 2.34. The maximum atomic E-state index is 12.1. The molecule has 2 N–H and O–H groups in total. The summed E-state index contributed by atoms with van der Waals surface area (Å²) < 4.78 is 0.